The summed E-state index contributed by atoms with van der Waals surface area (Å²) in [5.41, 5.74) is -0.700. The average Bonchev–Trinajstić information content (AvgIpc) is 2.69. The lowest BCUT2D eigenvalue weighted by atomic mass is 10.0. The molecule has 0 bridgehead atoms. The van der Waals surface area contributed by atoms with Crippen molar-refractivity contribution < 1.29 is 20.1 Å². The van der Waals surface area contributed by atoms with Gasteiger partial charge in [0.15, 0.2) is 0 Å². The van der Waals surface area contributed by atoms with Crippen molar-refractivity contribution in [1.29, 1.82) is 0 Å². The molecule has 0 aliphatic rings. The summed E-state index contributed by atoms with van der Waals surface area (Å²) in [5.74, 6) is -0.651. The molecule has 3 N–H and O–H groups in total. The lowest BCUT2D eigenvalue weighted by Gasteiger charge is -2.13. The lowest BCUT2D eigenvalue weighted by molar-refractivity contribution is -0.137. The van der Waals surface area contributed by atoms with Crippen LogP contribution < -0.4 is 0 Å². The Morgan fingerprint density at radius 2 is 0.903 bits per heavy atom. The predicted octanol–water partition coefficient (Wildman–Crippen LogP) is 8.03. The molecule has 0 atom stereocenters. The van der Waals surface area contributed by atoms with E-state index in [0.717, 1.165) is 12.8 Å². The highest BCUT2D eigenvalue weighted by molar-refractivity contribution is 5.66. The minimum atomic E-state index is -0.700. The van der Waals surface area contributed by atoms with Crippen molar-refractivity contribution in [2.45, 2.75) is 161 Å². The number of aliphatic hydroxyl groups excluding tert-OH is 1. The Kier molecular flexibility index (Phi) is 26.9. The van der Waals surface area contributed by atoms with E-state index >= 15 is 0 Å². The molecule has 0 amide bonds. The number of carboxylic acids is 1. The number of hydrogen-bond donors (Lipinski definition) is 3. The summed E-state index contributed by atoms with van der Waals surface area (Å²) in [6.07, 6.45) is 26.5. The van der Waals surface area contributed by atoms with E-state index in [1.165, 1.54) is 109 Å². The minimum absolute atomic E-state index is 0.0590. The van der Waals surface area contributed by atoms with Gasteiger partial charge in [-0.05, 0) is 26.7 Å². The molecule has 0 heterocycles. The van der Waals surface area contributed by atoms with E-state index in [2.05, 4.69) is 6.92 Å². The quantitative estimate of drug-likeness (QED) is 0.148. The predicted molar refractivity (Wildman–Crippen MR) is 134 cm³/mol. The van der Waals surface area contributed by atoms with Gasteiger partial charge in [-0.25, -0.2) is 0 Å². The van der Waals surface area contributed by atoms with Gasteiger partial charge in [-0.2, -0.15) is 0 Å². The fourth-order valence-electron chi connectivity index (χ4n) is 3.63. The maximum Gasteiger partial charge on any atom is 0.303 e. The van der Waals surface area contributed by atoms with Gasteiger partial charge in [0, 0.05) is 13.0 Å². The van der Waals surface area contributed by atoms with Crippen molar-refractivity contribution in [2.75, 3.05) is 6.61 Å². The maximum atomic E-state index is 10.4. The highest BCUT2D eigenvalue weighted by atomic mass is 16.4. The Morgan fingerprint density at radius 1 is 0.613 bits per heavy atom. The Hall–Kier alpha value is -0.610. The second kappa shape index (κ2) is 25.6. The standard InChI is InChI=1S/C22H44O2.C5H12O2/c1-2-3-4-5-6-7-8-9-10-11-12-13-14-15-16-17-18-19-20-21-22(23)24;1-5(2,7)3-4-6/h2-21H2,1H3,(H,23,24);6-7H,3-4H2,1-2H3. The van der Waals surface area contributed by atoms with Crippen LogP contribution in [0.2, 0.25) is 0 Å². The van der Waals surface area contributed by atoms with E-state index in [1.807, 2.05) is 0 Å². The van der Waals surface area contributed by atoms with Gasteiger partial charge in [-0.1, -0.05) is 122 Å². The molecule has 0 spiro atoms. The molecule has 0 aromatic heterocycles. The zero-order valence-electron chi connectivity index (χ0n) is 21.3. The van der Waals surface area contributed by atoms with E-state index < -0.39 is 11.6 Å². The van der Waals surface area contributed by atoms with Crippen LogP contribution in [0.3, 0.4) is 0 Å². The van der Waals surface area contributed by atoms with Crippen molar-refractivity contribution in [2.24, 2.45) is 0 Å². The van der Waals surface area contributed by atoms with E-state index in [9.17, 15) is 4.79 Å². The highest BCUT2D eigenvalue weighted by Crippen LogP contribution is 2.14. The molecule has 0 rings (SSSR count). The number of aliphatic carboxylic acids is 1. The normalized spacial score (nSPS) is 11.3. The van der Waals surface area contributed by atoms with Crippen molar-refractivity contribution in [3.05, 3.63) is 0 Å². The highest BCUT2D eigenvalue weighted by Gasteiger charge is 2.09. The Balaban J connectivity index is 0. The first-order chi connectivity index (χ1) is 14.8. The molecule has 0 saturated carbocycles. The molecular formula is C27H56O4. The van der Waals surface area contributed by atoms with E-state index in [4.69, 9.17) is 15.3 Å². The minimum Gasteiger partial charge on any atom is -0.481 e. The van der Waals surface area contributed by atoms with Crippen LogP contribution in [0.5, 0.6) is 0 Å². The number of hydrogen-bond acceptors (Lipinski definition) is 3. The van der Waals surface area contributed by atoms with Crippen molar-refractivity contribution in [3.63, 3.8) is 0 Å². The molecule has 0 fully saturated rings. The first-order valence-corrected chi connectivity index (χ1v) is 13.4. The van der Waals surface area contributed by atoms with Gasteiger partial charge in [0.25, 0.3) is 0 Å². The first kappa shape index (κ1) is 32.6. The Morgan fingerprint density at radius 3 is 1.10 bits per heavy atom. The summed E-state index contributed by atoms with van der Waals surface area (Å²) in [6.45, 7) is 5.68. The molecule has 0 aliphatic carbocycles. The molecule has 4 nitrogen and oxygen atoms in total. The summed E-state index contributed by atoms with van der Waals surface area (Å²) >= 11 is 0. The van der Waals surface area contributed by atoms with E-state index in [-0.39, 0.29) is 6.61 Å². The second-order valence-corrected chi connectivity index (χ2v) is 9.79. The largest absolute Gasteiger partial charge is 0.481 e. The summed E-state index contributed by atoms with van der Waals surface area (Å²) in [7, 11) is 0. The van der Waals surface area contributed by atoms with E-state index in [0.29, 0.717) is 12.8 Å². The molecule has 0 radical (unpaired) electrons. The Labute approximate surface area is 194 Å². The molecule has 0 saturated heterocycles. The lowest BCUT2D eigenvalue weighted by Crippen LogP contribution is -2.19. The van der Waals surface area contributed by atoms with Crippen LogP contribution in [0.15, 0.2) is 0 Å². The monoisotopic (exact) mass is 444 g/mol. The molecule has 4 heteroatoms. The number of aliphatic hydroxyl groups is 2. The number of carbonyl (C=O) groups is 1. The van der Waals surface area contributed by atoms with Gasteiger partial charge in [0.05, 0.1) is 5.60 Å². The maximum absolute atomic E-state index is 10.4. The van der Waals surface area contributed by atoms with Gasteiger partial charge in [0.1, 0.15) is 0 Å². The fourth-order valence-corrected chi connectivity index (χ4v) is 3.63. The van der Waals surface area contributed by atoms with Crippen molar-refractivity contribution >= 4 is 5.97 Å². The Bertz CT molecular complexity index is 350. The van der Waals surface area contributed by atoms with Crippen LogP contribution in [0.4, 0.5) is 0 Å². The van der Waals surface area contributed by atoms with Crippen LogP contribution in [0.1, 0.15) is 156 Å². The topological polar surface area (TPSA) is 77.8 Å². The third-order valence-electron chi connectivity index (χ3n) is 5.72. The molecule has 188 valence electrons. The SMILES string of the molecule is CC(C)(O)CCO.CCCCCCCCCCCCCCCCCCCCCC(=O)O. The summed E-state index contributed by atoms with van der Waals surface area (Å²) in [5, 5.41) is 25.7. The zero-order valence-corrected chi connectivity index (χ0v) is 21.3. The third-order valence-corrected chi connectivity index (χ3v) is 5.72. The molecular weight excluding hydrogens is 388 g/mol. The summed E-state index contributed by atoms with van der Waals surface area (Å²) < 4.78 is 0. The van der Waals surface area contributed by atoms with Crippen LogP contribution in [-0.4, -0.2) is 33.5 Å². The van der Waals surface area contributed by atoms with E-state index in [1.54, 1.807) is 13.8 Å². The molecule has 0 unspecified atom stereocenters. The van der Waals surface area contributed by atoms with Gasteiger partial charge < -0.3 is 15.3 Å². The first-order valence-electron chi connectivity index (χ1n) is 13.4. The number of unbranched alkanes of at least 4 members (excludes halogenated alkanes) is 18. The van der Waals surface area contributed by atoms with Crippen molar-refractivity contribution in [1.82, 2.24) is 0 Å². The number of carboxylic acid groups (broad SMARTS) is 1. The fraction of sp³-hybridized carbons (Fsp3) is 0.963. The van der Waals surface area contributed by atoms with Crippen LogP contribution in [0, 0.1) is 0 Å². The summed E-state index contributed by atoms with van der Waals surface area (Å²) in [4.78, 5) is 10.4. The molecule has 0 aromatic carbocycles. The van der Waals surface area contributed by atoms with Gasteiger partial charge in [-0.15, -0.1) is 0 Å². The summed E-state index contributed by atoms with van der Waals surface area (Å²) in [6, 6.07) is 0. The van der Waals surface area contributed by atoms with Gasteiger partial charge >= 0.3 is 5.97 Å². The molecule has 0 aliphatic heterocycles. The molecule has 0 aromatic rings. The third kappa shape index (κ3) is 37.1. The van der Waals surface area contributed by atoms with Crippen LogP contribution in [0.25, 0.3) is 0 Å². The van der Waals surface area contributed by atoms with Gasteiger partial charge in [-0.3, -0.25) is 4.79 Å². The molecule has 31 heavy (non-hydrogen) atoms. The van der Waals surface area contributed by atoms with Crippen molar-refractivity contribution in [3.8, 4) is 0 Å². The van der Waals surface area contributed by atoms with Crippen LogP contribution in [-0.2, 0) is 4.79 Å². The smallest absolute Gasteiger partial charge is 0.303 e. The zero-order chi connectivity index (χ0) is 23.6. The second-order valence-electron chi connectivity index (χ2n) is 9.79. The number of rotatable bonds is 22. The van der Waals surface area contributed by atoms with Crippen LogP contribution >= 0.6 is 0 Å². The van der Waals surface area contributed by atoms with Gasteiger partial charge in [0.2, 0.25) is 0 Å². The average molecular weight is 445 g/mol.